The zero-order chi connectivity index (χ0) is 18.8. The average Bonchev–Trinajstić information content (AvgIpc) is 3.50. The second-order valence-corrected chi connectivity index (χ2v) is 7.43. The molecule has 5 heteroatoms. The molecule has 0 bridgehead atoms. The molecular formula is C22H25FN2O2. The van der Waals surface area contributed by atoms with Crippen molar-refractivity contribution in [1.29, 1.82) is 0 Å². The maximum atomic E-state index is 13.8. The van der Waals surface area contributed by atoms with Gasteiger partial charge in [0.15, 0.2) is 11.6 Å². The van der Waals surface area contributed by atoms with Crippen LogP contribution in [0.2, 0.25) is 0 Å². The fourth-order valence-electron chi connectivity index (χ4n) is 3.96. The lowest BCUT2D eigenvalue weighted by atomic mass is 10.1. The standard InChI is InChI=1S/C22H25FN2O2/c1-27-21-8-7-16(13-20(21)23)15-24-9-11-25(12-10-24)22(26)19-14-18(19)17-5-3-2-4-6-17/h2-8,13,18-19H,9-12,14-15H2,1H3. The first kappa shape index (κ1) is 18.0. The molecule has 0 radical (unpaired) electrons. The summed E-state index contributed by atoms with van der Waals surface area (Å²) in [5, 5.41) is 0. The summed E-state index contributed by atoms with van der Waals surface area (Å²) in [5.41, 5.74) is 2.20. The first-order chi connectivity index (χ1) is 13.2. The number of piperazine rings is 1. The number of amides is 1. The number of benzene rings is 2. The fraction of sp³-hybridized carbons (Fsp3) is 0.409. The molecule has 0 N–H and O–H groups in total. The van der Waals surface area contributed by atoms with Crippen molar-refractivity contribution < 1.29 is 13.9 Å². The summed E-state index contributed by atoms with van der Waals surface area (Å²) in [6.07, 6.45) is 0.966. The Morgan fingerprint density at radius 2 is 1.85 bits per heavy atom. The van der Waals surface area contributed by atoms with E-state index in [0.717, 1.165) is 38.2 Å². The van der Waals surface area contributed by atoms with Crippen molar-refractivity contribution in [2.75, 3.05) is 33.3 Å². The van der Waals surface area contributed by atoms with Crippen LogP contribution in [0.1, 0.15) is 23.5 Å². The van der Waals surface area contributed by atoms with Gasteiger partial charge < -0.3 is 9.64 Å². The van der Waals surface area contributed by atoms with Gasteiger partial charge in [0.25, 0.3) is 0 Å². The van der Waals surface area contributed by atoms with Crippen molar-refractivity contribution in [3.05, 3.63) is 65.5 Å². The van der Waals surface area contributed by atoms with Gasteiger partial charge in [0, 0.05) is 38.6 Å². The predicted molar refractivity (Wildman–Crippen MR) is 102 cm³/mol. The maximum absolute atomic E-state index is 13.8. The van der Waals surface area contributed by atoms with Crippen LogP contribution < -0.4 is 4.74 Å². The van der Waals surface area contributed by atoms with E-state index >= 15 is 0 Å². The quantitative estimate of drug-likeness (QED) is 0.812. The van der Waals surface area contributed by atoms with Gasteiger partial charge in [0.05, 0.1) is 7.11 Å². The molecule has 1 aliphatic heterocycles. The van der Waals surface area contributed by atoms with Crippen LogP contribution in [-0.2, 0) is 11.3 Å². The largest absolute Gasteiger partial charge is 0.494 e. The van der Waals surface area contributed by atoms with Crippen molar-refractivity contribution in [2.45, 2.75) is 18.9 Å². The molecule has 2 aromatic rings. The molecule has 2 aromatic carbocycles. The lowest BCUT2D eigenvalue weighted by Gasteiger charge is -2.35. The number of carbonyl (C=O) groups excluding carboxylic acids is 1. The van der Waals surface area contributed by atoms with Crippen LogP contribution in [0, 0.1) is 11.7 Å². The Balaban J connectivity index is 1.28. The number of carbonyl (C=O) groups is 1. The minimum absolute atomic E-state index is 0.148. The van der Waals surface area contributed by atoms with Gasteiger partial charge in [-0.2, -0.15) is 0 Å². The molecule has 4 rings (SSSR count). The molecule has 1 heterocycles. The van der Waals surface area contributed by atoms with E-state index in [1.54, 1.807) is 6.07 Å². The molecule has 2 fully saturated rings. The fourth-order valence-corrected chi connectivity index (χ4v) is 3.96. The maximum Gasteiger partial charge on any atom is 0.226 e. The number of nitrogens with zero attached hydrogens (tertiary/aromatic N) is 2. The van der Waals surface area contributed by atoms with Gasteiger partial charge in [0.2, 0.25) is 5.91 Å². The highest BCUT2D eigenvalue weighted by molar-refractivity contribution is 5.83. The summed E-state index contributed by atoms with van der Waals surface area (Å²) in [6, 6.07) is 15.4. The highest BCUT2D eigenvalue weighted by Crippen LogP contribution is 2.48. The third-order valence-electron chi connectivity index (χ3n) is 5.64. The Bertz CT molecular complexity index is 803. The highest BCUT2D eigenvalue weighted by Gasteiger charge is 2.45. The summed E-state index contributed by atoms with van der Waals surface area (Å²) in [7, 11) is 1.47. The summed E-state index contributed by atoms with van der Waals surface area (Å²) >= 11 is 0. The SMILES string of the molecule is COc1ccc(CN2CCN(C(=O)C3CC3c3ccccc3)CC2)cc1F. The molecular weight excluding hydrogens is 343 g/mol. The Morgan fingerprint density at radius 3 is 2.52 bits per heavy atom. The molecule has 1 amide bonds. The Kier molecular flexibility index (Phi) is 5.12. The van der Waals surface area contributed by atoms with Gasteiger partial charge in [-0.25, -0.2) is 4.39 Å². The predicted octanol–water partition coefficient (Wildman–Crippen LogP) is 3.28. The van der Waals surface area contributed by atoms with E-state index in [9.17, 15) is 9.18 Å². The minimum atomic E-state index is -0.329. The molecule has 1 saturated heterocycles. The van der Waals surface area contributed by atoms with E-state index in [0.29, 0.717) is 18.4 Å². The molecule has 4 nitrogen and oxygen atoms in total. The lowest BCUT2D eigenvalue weighted by molar-refractivity contribution is -0.134. The molecule has 0 aromatic heterocycles. The number of rotatable bonds is 5. The van der Waals surface area contributed by atoms with E-state index in [2.05, 4.69) is 17.0 Å². The second kappa shape index (κ2) is 7.69. The van der Waals surface area contributed by atoms with E-state index in [4.69, 9.17) is 4.74 Å². The van der Waals surface area contributed by atoms with Crippen LogP contribution >= 0.6 is 0 Å². The topological polar surface area (TPSA) is 32.8 Å². The van der Waals surface area contributed by atoms with E-state index in [1.165, 1.54) is 18.7 Å². The summed E-state index contributed by atoms with van der Waals surface area (Å²) in [4.78, 5) is 17.0. The van der Waals surface area contributed by atoms with Crippen LogP contribution in [0.4, 0.5) is 4.39 Å². The van der Waals surface area contributed by atoms with Crippen LogP contribution in [-0.4, -0.2) is 49.0 Å². The van der Waals surface area contributed by atoms with Crippen LogP contribution in [0.5, 0.6) is 5.75 Å². The first-order valence-corrected chi connectivity index (χ1v) is 9.54. The van der Waals surface area contributed by atoms with Gasteiger partial charge in [-0.15, -0.1) is 0 Å². The van der Waals surface area contributed by atoms with Gasteiger partial charge in [0.1, 0.15) is 0 Å². The third-order valence-corrected chi connectivity index (χ3v) is 5.64. The number of ether oxygens (including phenoxy) is 1. The van der Waals surface area contributed by atoms with Crippen molar-refractivity contribution in [2.24, 2.45) is 5.92 Å². The molecule has 27 heavy (non-hydrogen) atoms. The highest BCUT2D eigenvalue weighted by atomic mass is 19.1. The van der Waals surface area contributed by atoms with Gasteiger partial charge in [-0.1, -0.05) is 36.4 Å². The Morgan fingerprint density at radius 1 is 1.11 bits per heavy atom. The third kappa shape index (κ3) is 3.98. The number of halogens is 1. The van der Waals surface area contributed by atoms with Crippen molar-refractivity contribution in [3.8, 4) is 5.75 Å². The number of hydrogen-bond acceptors (Lipinski definition) is 3. The molecule has 2 aliphatic rings. The lowest BCUT2D eigenvalue weighted by Crippen LogP contribution is -2.48. The zero-order valence-corrected chi connectivity index (χ0v) is 15.6. The number of hydrogen-bond donors (Lipinski definition) is 0. The van der Waals surface area contributed by atoms with Crippen LogP contribution in [0.15, 0.2) is 48.5 Å². The Labute approximate surface area is 159 Å². The van der Waals surface area contributed by atoms with E-state index < -0.39 is 0 Å². The first-order valence-electron chi connectivity index (χ1n) is 9.54. The molecule has 0 spiro atoms. The van der Waals surface area contributed by atoms with Crippen LogP contribution in [0.25, 0.3) is 0 Å². The van der Waals surface area contributed by atoms with Crippen molar-refractivity contribution in [3.63, 3.8) is 0 Å². The van der Waals surface area contributed by atoms with Crippen LogP contribution in [0.3, 0.4) is 0 Å². The Hall–Kier alpha value is -2.40. The monoisotopic (exact) mass is 368 g/mol. The van der Waals surface area contributed by atoms with Crippen molar-refractivity contribution >= 4 is 5.91 Å². The van der Waals surface area contributed by atoms with E-state index in [-0.39, 0.29) is 17.5 Å². The summed E-state index contributed by atoms with van der Waals surface area (Å²) < 4.78 is 18.8. The minimum Gasteiger partial charge on any atom is -0.494 e. The zero-order valence-electron chi connectivity index (χ0n) is 15.6. The van der Waals surface area contributed by atoms with Crippen molar-refractivity contribution in [1.82, 2.24) is 9.80 Å². The van der Waals surface area contributed by atoms with Gasteiger partial charge in [-0.3, -0.25) is 9.69 Å². The van der Waals surface area contributed by atoms with Gasteiger partial charge >= 0.3 is 0 Å². The molecule has 1 saturated carbocycles. The summed E-state index contributed by atoms with van der Waals surface area (Å²) in [5.74, 6) is 0.767. The molecule has 2 atom stereocenters. The average molecular weight is 368 g/mol. The second-order valence-electron chi connectivity index (χ2n) is 7.43. The smallest absolute Gasteiger partial charge is 0.226 e. The molecule has 142 valence electrons. The van der Waals surface area contributed by atoms with Gasteiger partial charge in [-0.05, 0) is 35.6 Å². The summed E-state index contributed by atoms with van der Waals surface area (Å²) in [6.45, 7) is 3.83. The molecule has 1 aliphatic carbocycles. The normalized spacial score (nSPS) is 22.5. The van der Waals surface area contributed by atoms with E-state index in [1.807, 2.05) is 29.2 Å². The number of methoxy groups -OCH3 is 1. The molecule has 2 unspecified atom stereocenters.